The van der Waals surface area contributed by atoms with Gasteiger partial charge in [0.15, 0.2) is 11.5 Å². The topological polar surface area (TPSA) is 53.2 Å². The zero-order valence-electron chi connectivity index (χ0n) is 11.8. The Morgan fingerprint density at radius 3 is 2.77 bits per heavy atom. The van der Waals surface area contributed by atoms with Gasteiger partial charge in [-0.25, -0.2) is 4.39 Å². The number of aromatic hydroxyl groups is 1. The van der Waals surface area contributed by atoms with Crippen LogP contribution in [0.25, 0.3) is 11.6 Å². The molecule has 0 bridgehead atoms. The van der Waals surface area contributed by atoms with Crippen LogP contribution in [0.5, 0.6) is 11.5 Å². The Balaban J connectivity index is 2.51. The van der Waals surface area contributed by atoms with Gasteiger partial charge in [0.1, 0.15) is 5.82 Å². The van der Waals surface area contributed by atoms with Gasteiger partial charge in [-0.1, -0.05) is 18.2 Å². The van der Waals surface area contributed by atoms with E-state index in [2.05, 4.69) is 15.9 Å². The van der Waals surface area contributed by atoms with Gasteiger partial charge in [0, 0.05) is 5.56 Å². The van der Waals surface area contributed by atoms with E-state index in [-0.39, 0.29) is 16.9 Å². The number of nitriles is 1. The molecule has 0 spiro atoms. The lowest BCUT2D eigenvalue weighted by molar-refractivity contribution is 0.317. The summed E-state index contributed by atoms with van der Waals surface area (Å²) in [6.07, 6.45) is 1.55. The maximum absolute atomic E-state index is 13.8. The minimum atomic E-state index is -0.460. The molecule has 2 aromatic rings. The first-order chi connectivity index (χ1) is 10.6. The molecule has 3 nitrogen and oxygen atoms in total. The maximum atomic E-state index is 13.8. The number of ether oxygens (including phenoxy) is 1. The molecule has 0 aromatic heterocycles. The van der Waals surface area contributed by atoms with Gasteiger partial charge in [0.25, 0.3) is 0 Å². The number of hydrogen-bond acceptors (Lipinski definition) is 3. The fourth-order valence-electron chi connectivity index (χ4n) is 1.96. The van der Waals surface area contributed by atoms with E-state index in [0.29, 0.717) is 22.4 Å². The van der Waals surface area contributed by atoms with Crippen LogP contribution in [-0.4, -0.2) is 11.7 Å². The van der Waals surface area contributed by atoms with Crippen LogP contribution < -0.4 is 4.74 Å². The molecule has 2 rings (SSSR count). The number of phenolic OH excluding ortho intramolecular Hbond substituents is 1. The molecule has 2 aromatic carbocycles. The number of benzene rings is 2. The quantitative estimate of drug-likeness (QED) is 0.631. The molecule has 0 fully saturated rings. The van der Waals surface area contributed by atoms with E-state index >= 15 is 0 Å². The maximum Gasteiger partial charge on any atom is 0.172 e. The fraction of sp³-hybridized carbons (Fsp3) is 0.118. The zero-order valence-corrected chi connectivity index (χ0v) is 13.4. The van der Waals surface area contributed by atoms with Gasteiger partial charge in [-0.3, -0.25) is 0 Å². The highest BCUT2D eigenvalue weighted by Crippen LogP contribution is 2.36. The average Bonchev–Trinajstić information content (AvgIpc) is 2.51. The van der Waals surface area contributed by atoms with Gasteiger partial charge in [0.05, 0.1) is 22.7 Å². The monoisotopic (exact) mass is 361 g/mol. The highest BCUT2D eigenvalue weighted by atomic mass is 79.9. The Kier molecular flexibility index (Phi) is 5.18. The molecule has 1 N–H and O–H groups in total. The van der Waals surface area contributed by atoms with Crippen molar-refractivity contribution >= 4 is 27.6 Å². The van der Waals surface area contributed by atoms with Crippen molar-refractivity contribution in [2.24, 2.45) is 0 Å². The fourth-order valence-corrected chi connectivity index (χ4v) is 2.42. The summed E-state index contributed by atoms with van der Waals surface area (Å²) in [7, 11) is 0. The number of rotatable bonds is 4. The minimum absolute atomic E-state index is 0.0107. The van der Waals surface area contributed by atoms with E-state index in [0.717, 1.165) is 0 Å². The highest BCUT2D eigenvalue weighted by molar-refractivity contribution is 9.10. The summed E-state index contributed by atoms with van der Waals surface area (Å²) < 4.78 is 19.6. The van der Waals surface area contributed by atoms with Crippen molar-refractivity contribution in [3.8, 4) is 17.6 Å². The van der Waals surface area contributed by atoms with Gasteiger partial charge in [0.2, 0.25) is 0 Å². The van der Waals surface area contributed by atoms with Crippen LogP contribution in [0.4, 0.5) is 4.39 Å². The standard InChI is InChI=1S/C17H13BrFNO2/c1-2-22-16-9-11(8-14(18)17(16)21)7-12(10-20)13-5-3-4-6-15(13)19/h3-9,21H,2H2,1H3/b12-7-. The first-order valence-corrected chi connectivity index (χ1v) is 7.38. The van der Waals surface area contributed by atoms with Gasteiger partial charge >= 0.3 is 0 Å². The minimum Gasteiger partial charge on any atom is -0.503 e. The van der Waals surface area contributed by atoms with Crippen molar-refractivity contribution < 1.29 is 14.2 Å². The Hall–Kier alpha value is -2.32. The van der Waals surface area contributed by atoms with Crippen molar-refractivity contribution in [1.29, 1.82) is 5.26 Å². The Morgan fingerprint density at radius 2 is 2.14 bits per heavy atom. The Bertz CT molecular complexity index is 766. The van der Waals surface area contributed by atoms with E-state index in [1.54, 1.807) is 43.3 Å². The smallest absolute Gasteiger partial charge is 0.172 e. The van der Waals surface area contributed by atoms with Crippen LogP contribution in [0.1, 0.15) is 18.1 Å². The second-order valence-corrected chi connectivity index (χ2v) is 5.29. The van der Waals surface area contributed by atoms with Gasteiger partial charge in [-0.2, -0.15) is 5.26 Å². The molecule has 0 heterocycles. The molecule has 0 radical (unpaired) electrons. The third-order valence-corrected chi connectivity index (χ3v) is 3.55. The lowest BCUT2D eigenvalue weighted by atomic mass is 10.0. The number of nitrogens with zero attached hydrogens (tertiary/aromatic N) is 1. The summed E-state index contributed by atoms with van der Waals surface area (Å²) in [5.74, 6) is -0.171. The molecular weight excluding hydrogens is 349 g/mol. The normalized spacial score (nSPS) is 11.1. The number of allylic oxidation sites excluding steroid dienone is 1. The van der Waals surface area contributed by atoms with Gasteiger partial charge in [-0.05, 0) is 52.7 Å². The van der Waals surface area contributed by atoms with E-state index in [9.17, 15) is 14.8 Å². The van der Waals surface area contributed by atoms with Gasteiger partial charge < -0.3 is 9.84 Å². The van der Waals surface area contributed by atoms with Crippen LogP contribution in [-0.2, 0) is 0 Å². The summed E-state index contributed by atoms with van der Waals surface area (Å²) in [5, 5.41) is 19.2. The predicted octanol–water partition coefficient (Wildman–Crippen LogP) is 4.76. The van der Waals surface area contributed by atoms with Gasteiger partial charge in [-0.15, -0.1) is 0 Å². The summed E-state index contributed by atoms with van der Waals surface area (Å²) in [6.45, 7) is 2.20. The predicted molar refractivity (Wildman–Crippen MR) is 86.9 cm³/mol. The van der Waals surface area contributed by atoms with Crippen molar-refractivity contribution in [3.63, 3.8) is 0 Å². The number of halogens is 2. The van der Waals surface area contributed by atoms with Crippen molar-refractivity contribution in [2.75, 3.05) is 6.61 Å². The second-order valence-electron chi connectivity index (χ2n) is 4.43. The molecular formula is C17H13BrFNO2. The van der Waals surface area contributed by atoms with E-state index in [1.807, 2.05) is 6.07 Å². The van der Waals surface area contributed by atoms with E-state index < -0.39 is 5.82 Å². The SMILES string of the molecule is CCOc1cc(/C=C(/C#N)c2ccccc2F)cc(Br)c1O. The van der Waals surface area contributed by atoms with Crippen LogP contribution >= 0.6 is 15.9 Å². The first kappa shape index (κ1) is 16.1. The van der Waals surface area contributed by atoms with Crippen LogP contribution in [0.2, 0.25) is 0 Å². The van der Waals surface area contributed by atoms with Crippen molar-refractivity contribution in [1.82, 2.24) is 0 Å². The number of hydrogen-bond donors (Lipinski definition) is 1. The third-order valence-electron chi connectivity index (χ3n) is 2.95. The highest BCUT2D eigenvalue weighted by Gasteiger charge is 2.11. The molecule has 0 saturated heterocycles. The molecule has 0 aliphatic rings. The molecule has 5 heteroatoms. The van der Waals surface area contributed by atoms with E-state index in [1.165, 1.54) is 6.07 Å². The van der Waals surface area contributed by atoms with Crippen LogP contribution in [0.15, 0.2) is 40.9 Å². The van der Waals surface area contributed by atoms with Crippen LogP contribution in [0, 0.1) is 17.1 Å². The summed E-state index contributed by atoms with van der Waals surface area (Å²) in [6, 6.07) is 11.3. The largest absolute Gasteiger partial charge is 0.503 e. The first-order valence-electron chi connectivity index (χ1n) is 6.58. The summed E-state index contributed by atoms with van der Waals surface area (Å²) in [5.41, 5.74) is 1.04. The molecule has 112 valence electrons. The molecule has 0 aliphatic heterocycles. The summed E-state index contributed by atoms with van der Waals surface area (Å²) in [4.78, 5) is 0. The van der Waals surface area contributed by atoms with Crippen molar-refractivity contribution in [3.05, 3.63) is 57.8 Å². The van der Waals surface area contributed by atoms with E-state index in [4.69, 9.17) is 4.74 Å². The molecule has 0 atom stereocenters. The Labute approximate surface area is 136 Å². The van der Waals surface area contributed by atoms with Crippen molar-refractivity contribution in [2.45, 2.75) is 6.92 Å². The Morgan fingerprint density at radius 1 is 1.41 bits per heavy atom. The number of phenols is 1. The van der Waals surface area contributed by atoms with Crippen LogP contribution in [0.3, 0.4) is 0 Å². The second kappa shape index (κ2) is 7.10. The zero-order chi connectivity index (χ0) is 16.1. The molecule has 0 saturated carbocycles. The lowest BCUT2D eigenvalue weighted by Gasteiger charge is -2.09. The third kappa shape index (κ3) is 3.46. The molecule has 0 amide bonds. The molecule has 0 aliphatic carbocycles. The summed E-state index contributed by atoms with van der Waals surface area (Å²) >= 11 is 3.23. The molecule has 22 heavy (non-hydrogen) atoms. The average molecular weight is 362 g/mol. The molecule has 0 unspecified atom stereocenters. The lowest BCUT2D eigenvalue weighted by Crippen LogP contribution is -1.93.